The van der Waals surface area contributed by atoms with E-state index in [-0.39, 0.29) is 11.9 Å². The van der Waals surface area contributed by atoms with Gasteiger partial charge in [0.2, 0.25) is 5.91 Å². The minimum absolute atomic E-state index is 0.0772. The molecule has 0 spiro atoms. The summed E-state index contributed by atoms with van der Waals surface area (Å²) in [6, 6.07) is 9.54. The fraction of sp³-hybridized carbons (Fsp3) is 0.350. The van der Waals surface area contributed by atoms with Gasteiger partial charge in [0.1, 0.15) is 0 Å². The Morgan fingerprint density at radius 1 is 1.29 bits per heavy atom. The van der Waals surface area contributed by atoms with Gasteiger partial charge in [-0.1, -0.05) is 54.7 Å². The molecule has 2 rings (SSSR count). The monoisotopic (exact) mass is 343 g/mol. The van der Waals surface area contributed by atoms with Crippen LogP contribution < -0.4 is 5.32 Å². The third-order valence-corrected chi connectivity index (χ3v) is 5.09. The number of thioether (sulfide) groups is 1. The molecule has 24 heavy (non-hydrogen) atoms. The van der Waals surface area contributed by atoms with Gasteiger partial charge in [0.15, 0.2) is 0 Å². The molecule has 0 radical (unpaired) electrons. The fourth-order valence-corrected chi connectivity index (χ4v) is 3.49. The number of hydrogen-bond donors (Lipinski definition) is 2. The zero-order chi connectivity index (χ0) is 17.6. The summed E-state index contributed by atoms with van der Waals surface area (Å²) in [7, 11) is 0. The van der Waals surface area contributed by atoms with E-state index in [1.807, 2.05) is 68.5 Å². The van der Waals surface area contributed by atoms with E-state index in [4.69, 9.17) is 0 Å². The molecule has 0 saturated carbocycles. The lowest BCUT2D eigenvalue weighted by atomic mass is 10.00. The van der Waals surface area contributed by atoms with E-state index in [0.717, 1.165) is 10.5 Å². The maximum absolute atomic E-state index is 12.7. The Morgan fingerprint density at radius 2 is 2.00 bits per heavy atom. The Hall–Kier alpha value is -1.78. The highest BCUT2D eigenvalue weighted by Gasteiger charge is 2.32. The predicted octanol–water partition coefficient (Wildman–Crippen LogP) is 3.87. The fourth-order valence-electron chi connectivity index (χ4n) is 2.46. The number of hydrogen-bond acceptors (Lipinski definition) is 3. The summed E-state index contributed by atoms with van der Waals surface area (Å²) in [5.74, 6) is -0.0772. The molecule has 4 heteroatoms. The third-order valence-electron chi connectivity index (χ3n) is 3.88. The SMILES string of the molecule is C=C1/C=C\C=C/CC(NC(=O)C(C)(C)Sc2ccccc2)C(O)C1. The summed E-state index contributed by atoms with van der Waals surface area (Å²) in [6.07, 6.45) is 8.08. The highest BCUT2D eigenvalue weighted by atomic mass is 32.2. The quantitative estimate of drug-likeness (QED) is 0.816. The summed E-state index contributed by atoms with van der Waals surface area (Å²) < 4.78 is -0.627. The van der Waals surface area contributed by atoms with Crippen molar-refractivity contribution in [2.45, 2.75) is 48.5 Å². The summed E-state index contributed by atoms with van der Waals surface area (Å²) in [5.41, 5.74) is 0.853. The highest BCUT2D eigenvalue weighted by molar-refractivity contribution is 8.01. The van der Waals surface area contributed by atoms with E-state index in [2.05, 4.69) is 11.9 Å². The molecular formula is C20H25NO2S. The van der Waals surface area contributed by atoms with Crippen molar-refractivity contribution in [2.24, 2.45) is 0 Å². The molecule has 128 valence electrons. The van der Waals surface area contributed by atoms with Crippen molar-refractivity contribution in [3.8, 4) is 0 Å². The largest absolute Gasteiger partial charge is 0.391 e. The van der Waals surface area contributed by atoms with Gasteiger partial charge in [-0.2, -0.15) is 0 Å². The van der Waals surface area contributed by atoms with E-state index in [0.29, 0.717) is 12.8 Å². The second-order valence-electron chi connectivity index (χ2n) is 6.46. The van der Waals surface area contributed by atoms with Crippen molar-refractivity contribution in [2.75, 3.05) is 0 Å². The highest BCUT2D eigenvalue weighted by Crippen LogP contribution is 2.32. The Balaban J connectivity index is 2.04. The number of nitrogens with one attached hydrogen (secondary N) is 1. The maximum atomic E-state index is 12.7. The summed E-state index contributed by atoms with van der Waals surface area (Å²) in [6.45, 7) is 7.73. The summed E-state index contributed by atoms with van der Waals surface area (Å²) in [5, 5.41) is 13.4. The normalized spacial score (nSPS) is 24.4. The maximum Gasteiger partial charge on any atom is 0.236 e. The van der Waals surface area contributed by atoms with Gasteiger partial charge in [-0.3, -0.25) is 4.79 Å². The standard InChI is InChI=1S/C20H25NO2S/c1-15-10-6-4-9-13-17(18(22)14-15)21-19(23)20(2,3)24-16-11-7-5-8-12-16/h4-12,17-18,22H,1,13-14H2,2-3H3,(H,21,23)/b9-4-,10-6-. The van der Waals surface area contributed by atoms with E-state index in [1.165, 1.54) is 11.8 Å². The zero-order valence-electron chi connectivity index (χ0n) is 14.2. The number of rotatable bonds is 4. The van der Waals surface area contributed by atoms with Crippen molar-refractivity contribution in [1.29, 1.82) is 0 Å². The van der Waals surface area contributed by atoms with Gasteiger partial charge in [-0.05, 0) is 38.8 Å². The van der Waals surface area contributed by atoms with Crippen molar-refractivity contribution >= 4 is 17.7 Å². The van der Waals surface area contributed by atoms with Gasteiger partial charge in [-0.15, -0.1) is 11.8 Å². The van der Waals surface area contributed by atoms with Crippen LogP contribution in [0.5, 0.6) is 0 Å². The molecule has 2 atom stereocenters. The Kier molecular flexibility index (Phi) is 6.46. The lowest BCUT2D eigenvalue weighted by molar-refractivity contribution is -0.124. The Bertz CT molecular complexity index is 634. The zero-order valence-corrected chi connectivity index (χ0v) is 15.1. The van der Waals surface area contributed by atoms with Gasteiger partial charge in [0.25, 0.3) is 0 Å². The molecule has 0 heterocycles. The van der Waals surface area contributed by atoms with Crippen LogP contribution in [-0.2, 0) is 4.79 Å². The molecule has 2 N–H and O–H groups in total. The second-order valence-corrected chi connectivity index (χ2v) is 8.15. The molecule has 2 unspecified atom stereocenters. The molecule has 3 nitrogen and oxygen atoms in total. The number of allylic oxidation sites excluding steroid dienone is 3. The predicted molar refractivity (Wildman–Crippen MR) is 101 cm³/mol. The molecule has 1 aliphatic carbocycles. The molecule has 0 aliphatic heterocycles. The van der Waals surface area contributed by atoms with Crippen LogP contribution in [0.2, 0.25) is 0 Å². The van der Waals surface area contributed by atoms with Crippen molar-refractivity contribution in [3.05, 3.63) is 66.8 Å². The lowest BCUT2D eigenvalue weighted by Gasteiger charge is -2.29. The first-order valence-corrected chi connectivity index (χ1v) is 8.94. The van der Waals surface area contributed by atoms with Crippen LogP contribution in [-0.4, -0.2) is 27.9 Å². The first-order valence-electron chi connectivity index (χ1n) is 8.12. The third kappa shape index (κ3) is 5.39. The van der Waals surface area contributed by atoms with Crippen LogP contribution in [0.25, 0.3) is 0 Å². The first kappa shape index (κ1) is 18.6. The molecule has 0 saturated heterocycles. The van der Waals surface area contributed by atoms with Crippen LogP contribution >= 0.6 is 11.8 Å². The van der Waals surface area contributed by atoms with E-state index in [9.17, 15) is 9.90 Å². The van der Waals surface area contributed by atoms with Crippen molar-refractivity contribution in [3.63, 3.8) is 0 Å². The molecule has 1 amide bonds. The second kappa shape index (κ2) is 8.36. The van der Waals surface area contributed by atoms with Gasteiger partial charge in [0, 0.05) is 4.90 Å². The number of carbonyl (C=O) groups is 1. The van der Waals surface area contributed by atoms with Crippen molar-refractivity contribution < 1.29 is 9.90 Å². The average molecular weight is 343 g/mol. The smallest absolute Gasteiger partial charge is 0.236 e. The minimum atomic E-state index is -0.647. The summed E-state index contributed by atoms with van der Waals surface area (Å²) in [4.78, 5) is 13.8. The van der Waals surface area contributed by atoms with E-state index in [1.54, 1.807) is 0 Å². The molecule has 0 aromatic heterocycles. The number of aliphatic hydroxyl groups excluding tert-OH is 1. The topological polar surface area (TPSA) is 49.3 Å². The Morgan fingerprint density at radius 3 is 2.71 bits per heavy atom. The number of benzene rings is 1. The molecule has 1 aliphatic rings. The van der Waals surface area contributed by atoms with Gasteiger partial charge < -0.3 is 10.4 Å². The Labute approximate surface area is 148 Å². The van der Waals surface area contributed by atoms with E-state index >= 15 is 0 Å². The van der Waals surface area contributed by atoms with Crippen LogP contribution in [0.4, 0.5) is 0 Å². The number of amides is 1. The number of aliphatic hydroxyl groups is 1. The minimum Gasteiger partial charge on any atom is -0.391 e. The van der Waals surface area contributed by atoms with Crippen LogP contribution in [0, 0.1) is 0 Å². The van der Waals surface area contributed by atoms with Gasteiger partial charge >= 0.3 is 0 Å². The summed E-state index contributed by atoms with van der Waals surface area (Å²) >= 11 is 1.52. The van der Waals surface area contributed by atoms with Crippen LogP contribution in [0.3, 0.4) is 0 Å². The number of carbonyl (C=O) groups excluding carboxylic acids is 1. The van der Waals surface area contributed by atoms with Crippen molar-refractivity contribution in [1.82, 2.24) is 5.32 Å². The van der Waals surface area contributed by atoms with Gasteiger partial charge in [-0.25, -0.2) is 0 Å². The van der Waals surface area contributed by atoms with Crippen LogP contribution in [0.15, 0.2) is 71.7 Å². The molecule has 0 fully saturated rings. The van der Waals surface area contributed by atoms with Crippen LogP contribution in [0.1, 0.15) is 26.7 Å². The molecule has 0 bridgehead atoms. The average Bonchev–Trinajstić information content (AvgIpc) is 2.60. The lowest BCUT2D eigenvalue weighted by Crippen LogP contribution is -2.49. The molecule has 1 aromatic carbocycles. The van der Waals surface area contributed by atoms with E-state index < -0.39 is 10.9 Å². The van der Waals surface area contributed by atoms with Gasteiger partial charge in [0.05, 0.1) is 16.9 Å². The molecule has 1 aromatic rings. The first-order chi connectivity index (χ1) is 11.4. The molecular weight excluding hydrogens is 318 g/mol.